The molecule has 4 heteroatoms. The minimum atomic E-state index is -1.06. The molecule has 0 fully saturated rings. The van der Waals surface area contributed by atoms with E-state index in [2.05, 4.69) is 11.4 Å². The molecule has 1 atom stereocenters. The van der Waals surface area contributed by atoms with Gasteiger partial charge >= 0.3 is 0 Å². The van der Waals surface area contributed by atoms with Crippen molar-refractivity contribution < 1.29 is 13.9 Å². The molecule has 21 heavy (non-hydrogen) atoms. The van der Waals surface area contributed by atoms with Crippen LogP contribution in [0.15, 0.2) is 42.5 Å². The van der Waals surface area contributed by atoms with Crippen LogP contribution in [0.2, 0.25) is 0 Å². The smallest absolute Gasteiger partial charge is 0.129 e. The third kappa shape index (κ3) is 4.34. The summed E-state index contributed by atoms with van der Waals surface area (Å²) in [5.74, 6) is -1.14. The Kier molecular flexibility index (Phi) is 5.42. The Hall–Kier alpha value is -1.78. The molecule has 0 aliphatic carbocycles. The number of benzene rings is 2. The molecule has 0 saturated carbocycles. The van der Waals surface area contributed by atoms with Gasteiger partial charge in [-0.25, -0.2) is 8.78 Å². The van der Waals surface area contributed by atoms with E-state index in [0.717, 1.165) is 24.6 Å². The molecular weight excluding hydrogens is 272 g/mol. The number of halogens is 2. The molecule has 112 valence electrons. The molecule has 0 bridgehead atoms. The minimum Gasteiger partial charge on any atom is -0.387 e. The zero-order valence-corrected chi connectivity index (χ0v) is 11.9. The predicted octanol–water partition coefficient (Wildman–Crippen LogP) is 3.14. The van der Waals surface area contributed by atoms with Gasteiger partial charge in [0.15, 0.2) is 0 Å². The Bertz CT molecular complexity index is 601. The third-order valence-electron chi connectivity index (χ3n) is 3.49. The Morgan fingerprint density at radius 3 is 2.67 bits per heavy atom. The summed E-state index contributed by atoms with van der Waals surface area (Å²) in [6.45, 7) is 2.90. The lowest BCUT2D eigenvalue weighted by molar-refractivity contribution is 0.170. The lowest BCUT2D eigenvalue weighted by atomic mass is 10.1. The second kappa shape index (κ2) is 7.29. The van der Waals surface area contributed by atoms with Crippen molar-refractivity contribution in [1.29, 1.82) is 0 Å². The van der Waals surface area contributed by atoms with Gasteiger partial charge in [-0.15, -0.1) is 0 Å². The van der Waals surface area contributed by atoms with Gasteiger partial charge in [0, 0.05) is 12.1 Å². The lowest BCUT2D eigenvalue weighted by Crippen LogP contribution is -2.24. The first-order valence-electron chi connectivity index (χ1n) is 6.96. The Labute approximate surface area is 123 Å². The van der Waals surface area contributed by atoms with E-state index in [1.54, 1.807) is 0 Å². The fraction of sp³-hybridized carbons (Fsp3) is 0.294. The topological polar surface area (TPSA) is 32.3 Å². The van der Waals surface area contributed by atoms with Gasteiger partial charge in [0.1, 0.15) is 11.6 Å². The molecule has 2 rings (SSSR count). The van der Waals surface area contributed by atoms with Crippen LogP contribution in [0.1, 0.15) is 22.8 Å². The molecule has 2 aromatic carbocycles. The number of hydrogen-bond acceptors (Lipinski definition) is 2. The van der Waals surface area contributed by atoms with Crippen molar-refractivity contribution in [2.45, 2.75) is 19.4 Å². The maximum absolute atomic E-state index is 13.5. The van der Waals surface area contributed by atoms with Crippen molar-refractivity contribution in [3.05, 3.63) is 70.8 Å². The fourth-order valence-electron chi connectivity index (χ4n) is 2.23. The van der Waals surface area contributed by atoms with Gasteiger partial charge in [-0.3, -0.25) is 0 Å². The lowest BCUT2D eigenvalue weighted by Gasteiger charge is -2.13. The number of hydrogen-bond donors (Lipinski definition) is 2. The maximum Gasteiger partial charge on any atom is 0.129 e. The highest BCUT2D eigenvalue weighted by Crippen LogP contribution is 2.17. The fourth-order valence-corrected chi connectivity index (χ4v) is 2.23. The van der Waals surface area contributed by atoms with Crippen molar-refractivity contribution in [2.75, 3.05) is 13.1 Å². The van der Waals surface area contributed by atoms with Crippen LogP contribution in [0.4, 0.5) is 8.78 Å². The molecule has 0 spiro atoms. The van der Waals surface area contributed by atoms with Crippen molar-refractivity contribution >= 4 is 0 Å². The Balaban J connectivity index is 1.83. The molecule has 1 unspecified atom stereocenters. The van der Waals surface area contributed by atoms with Crippen molar-refractivity contribution in [1.82, 2.24) is 5.32 Å². The van der Waals surface area contributed by atoms with E-state index in [1.807, 2.05) is 25.1 Å². The number of aliphatic hydroxyl groups excluding tert-OH is 1. The Morgan fingerprint density at radius 1 is 1.14 bits per heavy atom. The molecule has 2 N–H and O–H groups in total. The monoisotopic (exact) mass is 291 g/mol. The summed E-state index contributed by atoms with van der Waals surface area (Å²) in [5, 5.41) is 13.0. The summed E-state index contributed by atoms with van der Waals surface area (Å²) < 4.78 is 26.6. The van der Waals surface area contributed by atoms with Gasteiger partial charge in [-0.2, -0.15) is 0 Å². The minimum absolute atomic E-state index is 0.0154. The molecule has 0 radical (unpaired) electrons. The summed E-state index contributed by atoms with van der Waals surface area (Å²) in [6, 6.07) is 11.2. The van der Waals surface area contributed by atoms with Crippen molar-refractivity contribution in [3.8, 4) is 0 Å². The van der Waals surface area contributed by atoms with Gasteiger partial charge < -0.3 is 10.4 Å². The van der Waals surface area contributed by atoms with Gasteiger partial charge in [0.05, 0.1) is 6.10 Å². The third-order valence-corrected chi connectivity index (χ3v) is 3.49. The van der Waals surface area contributed by atoms with Crippen molar-refractivity contribution in [3.63, 3.8) is 0 Å². The molecule has 2 nitrogen and oxygen atoms in total. The standard InChI is InChI=1S/C17H19F2NO/c1-12-4-2-3-5-13(12)8-9-20-11-17(21)15-10-14(18)6-7-16(15)19/h2-7,10,17,20-21H,8-9,11H2,1H3. The zero-order chi connectivity index (χ0) is 15.2. The van der Waals surface area contributed by atoms with Gasteiger partial charge in [0.25, 0.3) is 0 Å². The largest absolute Gasteiger partial charge is 0.387 e. The molecule has 0 aliphatic rings. The Morgan fingerprint density at radius 2 is 1.90 bits per heavy atom. The quantitative estimate of drug-likeness (QED) is 0.801. The highest BCUT2D eigenvalue weighted by molar-refractivity contribution is 5.25. The second-order valence-electron chi connectivity index (χ2n) is 5.06. The molecule has 0 aromatic heterocycles. The zero-order valence-electron chi connectivity index (χ0n) is 11.9. The van der Waals surface area contributed by atoms with E-state index in [4.69, 9.17) is 0 Å². The number of aliphatic hydroxyl groups is 1. The molecule has 2 aromatic rings. The summed E-state index contributed by atoms with van der Waals surface area (Å²) in [6.07, 6.45) is -0.233. The van der Waals surface area contributed by atoms with Crippen molar-refractivity contribution in [2.24, 2.45) is 0 Å². The number of aryl methyl sites for hydroxylation is 1. The SMILES string of the molecule is Cc1ccccc1CCNCC(O)c1cc(F)ccc1F. The average Bonchev–Trinajstić information content (AvgIpc) is 2.47. The van der Waals surface area contributed by atoms with Crippen LogP contribution in [0.5, 0.6) is 0 Å². The first-order chi connectivity index (χ1) is 10.1. The van der Waals surface area contributed by atoms with E-state index in [0.29, 0.717) is 6.54 Å². The summed E-state index contributed by atoms with van der Waals surface area (Å²) in [5.41, 5.74) is 2.44. The average molecular weight is 291 g/mol. The van der Waals surface area contributed by atoms with E-state index in [9.17, 15) is 13.9 Å². The van der Waals surface area contributed by atoms with Gasteiger partial charge in [-0.1, -0.05) is 24.3 Å². The van der Waals surface area contributed by atoms with E-state index in [1.165, 1.54) is 11.1 Å². The molecule has 0 saturated heterocycles. The predicted molar refractivity (Wildman–Crippen MR) is 79.1 cm³/mol. The summed E-state index contributed by atoms with van der Waals surface area (Å²) in [7, 11) is 0. The van der Waals surface area contributed by atoms with E-state index >= 15 is 0 Å². The summed E-state index contributed by atoms with van der Waals surface area (Å²) in [4.78, 5) is 0. The first-order valence-corrected chi connectivity index (χ1v) is 6.96. The summed E-state index contributed by atoms with van der Waals surface area (Å²) >= 11 is 0. The van der Waals surface area contributed by atoms with Gasteiger partial charge in [-0.05, 0) is 49.2 Å². The number of nitrogens with one attached hydrogen (secondary N) is 1. The maximum atomic E-state index is 13.5. The highest BCUT2D eigenvalue weighted by Gasteiger charge is 2.13. The van der Waals surface area contributed by atoms with Crippen LogP contribution < -0.4 is 5.32 Å². The first kappa shape index (κ1) is 15.6. The highest BCUT2D eigenvalue weighted by atomic mass is 19.1. The van der Waals surface area contributed by atoms with Gasteiger partial charge in [0.2, 0.25) is 0 Å². The van der Waals surface area contributed by atoms with E-state index < -0.39 is 17.7 Å². The van der Waals surface area contributed by atoms with Crippen LogP contribution in [0.3, 0.4) is 0 Å². The van der Waals surface area contributed by atoms with Crippen LogP contribution in [-0.2, 0) is 6.42 Å². The van der Waals surface area contributed by atoms with Crippen LogP contribution in [0, 0.1) is 18.6 Å². The second-order valence-corrected chi connectivity index (χ2v) is 5.06. The van der Waals surface area contributed by atoms with Crippen LogP contribution in [0.25, 0.3) is 0 Å². The van der Waals surface area contributed by atoms with E-state index in [-0.39, 0.29) is 12.1 Å². The molecule has 0 heterocycles. The molecular formula is C17H19F2NO. The van der Waals surface area contributed by atoms with Crippen LogP contribution in [-0.4, -0.2) is 18.2 Å². The number of rotatable bonds is 6. The normalized spacial score (nSPS) is 12.4. The molecule has 0 aliphatic heterocycles. The molecule has 0 amide bonds. The van der Waals surface area contributed by atoms with Crippen LogP contribution >= 0.6 is 0 Å².